The number of nitrogens with one attached hydrogen (secondary N) is 11. The van der Waals surface area contributed by atoms with Crippen molar-refractivity contribution in [2.45, 2.75) is 169 Å². The van der Waals surface area contributed by atoms with Gasteiger partial charge in [-0.15, -0.1) is 13.2 Å². The third kappa shape index (κ3) is 21.5. The highest BCUT2D eigenvalue weighted by atomic mass is 35.5. The minimum Gasteiger partial charge on any atom is -0.508 e. The standard InChI is InChI=1S/C82H90Cl2F3N13O26/c1-33(2)18-48(89-5)73(113)98-63-65(107)38-9-14-52(46(83)21-38)121-54-23-40-24-55(69(54)125-80-70(68(110)67(109)56(32-102)123-80)124-58-28-81(4,71(111)34(3)120-58)91-30-35-19-41(31-90-29-35)93-72(112)36-6-11-43(12-7-36)126-82(85,86)87)122-53-15-10-39(22-47(53)84)66(108)64-78(118)97-62(79(119)100-92-16-17-101)45-25-42(103)26-51(105)59(45)44-20-37(8-13-50(44)104)60(75(115)99-64)96-76(116)61(40)95-74(114)49(27-57(88)106)94-77(63)117/h6-15,19-26,29,31,33-34,48-49,56,58,60-68,70-71,80,89,91-92,101-105,107-111H,16-18,27-28,30,32H2,1-5H3,(H2,88,106)(H,93,112)(H,94,117)(H,95,114)(H,96,116)(H,97,118)(H,98,113)(H,99,115)(H,100,119)/t34-,48+,49-,56+,58-,60+,61+,62+,63+,64-,65+,66+,67+,68-,70+,71+,80-,81-/m0/s1. The minimum absolute atomic E-state index is 0.0398. The van der Waals surface area contributed by atoms with Gasteiger partial charge in [0.15, 0.2) is 23.9 Å². The smallest absolute Gasteiger partial charge is 0.508 e. The summed E-state index contributed by atoms with van der Waals surface area (Å²) in [5, 5.41) is 139. The zero-order chi connectivity index (χ0) is 91.2. The van der Waals surface area contributed by atoms with E-state index >= 15 is 24.0 Å². The zero-order valence-electron chi connectivity index (χ0n) is 67.3. The molecule has 6 aromatic carbocycles. The zero-order valence-corrected chi connectivity index (χ0v) is 68.8. The number of halogens is 5. The fourth-order valence-corrected chi connectivity index (χ4v) is 15.4. The molecule has 18 atom stereocenters. The Morgan fingerprint density at radius 1 is 0.714 bits per heavy atom. The summed E-state index contributed by atoms with van der Waals surface area (Å²) in [4.78, 5) is 137. The molecule has 7 aliphatic heterocycles. The van der Waals surface area contributed by atoms with Crippen LogP contribution in [0.4, 0.5) is 18.9 Å². The molecule has 2 fully saturated rings. The molecule has 7 aromatic rings. The van der Waals surface area contributed by atoms with Gasteiger partial charge in [0.2, 0.25) is 53.4 Å². The van der Waals surface area contributed by atoms with Gasteiger partial charge in [-0.1, -0.05) is 55.2 Å². The second kappa shape index (κ2) is 39.4. The molecule has 674 valence electrons. The number of likely N-dealkylation sites (N-methyl/N-ethyl adjacent to an activating group) is 1. The molecule has 23 N–H and O–H groups in total. The van der Waals surface area contributed by atoms with Gasteiger partial charge in [0.05, 0.1) is 59.8 Å². The number of alkyl halides is 3. The predicted molar refractivity (Wildman–Crippen MR) is 433 cm³/mol. The highest BCUT2D eigenvalue weighted by molar-refractivity contribution is 6.32. The number of aromatic nitrogens is 1. The van der Waals surface area contributed by atoms with Crippen molar-refractivity contribution in [2.24, 2.45) is 11.7 Å². The number of ether oxygens (including phenoxy) is 7. The number of anilines is 1. The SMILES string of the molecule is CN[C@H](CC(C)C)C(=O)N[C@H]1C(=O)N[C@@H](CC(N)=O)C(=O)N[C@H]2C(=O)N[C@H]3C(=O)N[C@H](C(=O)N[C@@H](C(=O)NNCCO)c4cc(O)cc(O)c4-c4cc3ccc4O)[C@H](O)c3ccc(c(Cl)c3)Oc3cc2cc(c3O[C@@H]2O[C@H](CO)[C@@H](O)[C@H](O)[C@H]2O[C@H]2C[C@](C)(NCc3cncc(NC(=O)c4ccc(OC(F)(F)F)cc4)c3)[C@H](O)[C@H](C)O2)Oc2ccc(cc2Cl)[C@H]1O. The van der Waals surface area contributed by atoms with Crippen LogP contribution in [0.3, 0.4) is 0 Å². The van der Waals surface area contributed by atoms with E-state index < -0.39 is 272 Å². The third-order valence-electron chi connectivity index (χ3n) is 21.3. The monoisotopic (exact) mass is 1800 g/mol. The van der Waals surface area contributed by atoms with E-state index in [1.165, 1.54) is 38.5 Å². The summed E-state index contributed by atoms with van der Waals surface area (Å²) in [5.41, 5.74) is 6.76. The number of aliphatic hydroxyl groups is 7. The van der Waals surface area contributed by atoms with Gasteiger partial charge in [0, 0.05) is 54.0 Å². The van der Waals surface area contributed by atoms with E-state index in [1.54, 1.807) is 20.8 Å². The van der Waals surface area contributed by atoms with Crippen molar-refractivity contribution in [3.05, 3.63) is 171 Å². The molecule has 0 spiro atoms. The van der Waals surface area contributed by atoms with E-state index in [0.717, 1.165) is 97.1 Å². The second-order valence-corrected chi connectivity index (χ2v) is 31.7. The Balaban J connectivity index is 1.01. The fraction of sp³-hybridized carbons (Fsp3) is 0.390. The number of rotatable bonds is 22. The number of phenols is 3. The van der Waals surface area contributed by atoms with Crippen LogP contribution in [0, 0.1) is 5.92 Å². The van der Waals surface area contributed by atoms with Gasteiger partial charge in [0.1, 0.15) is 101 Å². The maximum absolute atomic E-state index is 16.3. The predicted octanol–water partition coefficient (Wildman–Crippen LogP) is 2.01. The number of hydrogen-bond acceptors (Lipinski definition) is 30. The van der Waals surface area contributed by atoms with E-state index in [9.17, 15) is 83.4 Å². The molecule has 44 heteroatoms. The normalized spacial score (nSPS) is 25.9. The number of hydrogen-bond donors (Lipinski definition) is 22. The molecule has 2 saturated heterocycles. The van der Waals surface area contributed by atoms with Gasteiger partial charge in [-0.2, -0.15) is 0 Å². The van der Waals surface area contributed by atoms with Gasteiger partial charge >= 0.3 is 6.36 Å². The number of primary amides is 1. The summed E-state index contributed by atoms with van der Waals surface area (Å²) < 4.78 is 81.9. The van der Waals surface area contributed by atoms with E-state index in [0.29, 0.717) is 5.56 Å². The number of carbonyl (C=O) groups is 9. The van der Waals surface area contributed by atoms with Gasteiger partial charge in [-0.05, 0) is 152 Å². The van der Waals surface area contributed by atoms with Crippen molar-refractivity contribution >= 4 is 82.1 Å². The lowest BCUT2D eigenvalue weighted by molar-refractivity contribution is -0.334. The highest BCUT2D eigenvalue weighted by Gasteiger charge is 2.53. The largest absolute Gasteiger partial charge is 0.573 e. The lowest BCUT2D eigenvalue weighted by Gasteiger charge is -2.48. The van der Waals surface area contributed by atoms with E-state index in [1.807, 2.05) is 0 Å². The van der Waals surface area contributed by atoms with Gasteiger partial charge in [-0.3, -0.25) is 53.6 Å². The lowest BCUT2D eigenvalue weighted by Crippen LogP contribution is -2.65. The van der Waals surface area contributed by atoms with Crippen LogP contribution >= 0.6 is 23.2 Å². The number of aromatic hydroxyl groups is 3. The van der Waals surface area contributed by atoms with Gasteiger partial charge in [-0.25, -0.2) is 5.43 Å². The fourth-order valence-electron chi connectivity index (χ4n) is 14.9. The topological polar surface area (TPSA) is 592 Å². The first-order chi connectivity index (χ1) is 59.7. The molecule has 14 rings (SSSR count). The number of benzene rings is 6. The first-order valence-electron chi connectivity index (χ1n) is 39.2. The van der Waals surface area contributed by atoms with Crippen LogP contribution in [0.5, 0.6) is 51.7 Å². The third-order valence-corrected chi connectivity index (χ3v) is 21.9. The molecule has 8 heterocycles. The molecule has 9 amide bonds. The van der Waals surface area contributed by atoms with Crippen LogP contribution in [0.25, 0.3) is 11.1 Å². The van der Waals surface area contributed by atoms with E-state index in [-0.39, 0.29) is 59.8 Å². The van der Waals surface area contributed by atoms with Crippen molar-refractivity contribution in [2.75, 3.05) is 32.1 Å². The van der Waals surface area contributed by atoms with Crippen LogP contribution in [0.1, 0.15) is 121 Å². The Bertz CT molecular complexity index is 5280. The Morgan fingerprint density at radius 2 is 1.36 bits per heavy atom. The molecule has 0 saturated carbocycles. The van der Waals surface area contributed by atoms with Crippen molar-refractivity contribution in [1.82, 2.24) is 58.4 Å². The number of carbonyl (C=O) groups excluding carboxylic acids is 9. The summed E-state index contributed by atoms with van der Waals surface area (Å²) in [6.45, 7) is 4.69. The summed E-state index contributed by atoms with van der Waals surface area (Å²) in [6, 6.07) is 4.82. The highest BCUT2D eigenvalue weighted by Crippen LogP contribution is 2.50. The molecule has 126 heavy (non-hydrogen) atoms. The molecule has 1 aromatic heterocycles. The maximum atomic E-state index is 16.3. The number of hydrazine groups is 1. The summed E-state index contributed by atoms with van der Waals surface area (Å²) in [7, 11) is 1.46. The van der Waals surface area contributed by atoms with Crippen LogP contribution in [0.2, 0.25) is 10.0 Å². The number of pyridine rings is 1. The molecule has 0 aliphatic carbocycles. The average Bonchev–Trinajstić information content (AvgIpc) is 0.768. The molecule has 0 radical (unpaired) electrons. The maximum Gasteiger partial charge on any atom is 0.573 e. The Hall–Kier alpha value is -11.9. The van der Waals surface area contributed by atoms with Crippen LogP contribution in [-0.4, -0.2) is 221 Å². The van der Waals surface area contributed by atoms with Crippen LogP contribution in [0.15, 0.2) is 122 Å². The Kier molecular flexibility index (Phi) is 29.1. The van der Waals surface area contributed by atoms with Crippen molar-refractivity contribution in [3.63, 3.8) is 0 Å². The molecular formula is C82H90Cl2F3N13O26. The first-order valence-corrected chi connectivity index (χ1v) is 39.9. The molecule has 7 aliphatic rings. The van der Waals surface area contributed by atoms with Gasteiger partial charge in [0.25, 0.3) is 11.8 Å². The number of amides is 9. The van der Waals surface area contributed by atoms with Crippen molar-refractivity contribution < 1.29 is 141 Å². The lowest BCUT2D eigenvalue weighted by atomic mass is 9.84. The van der Waals surface area contributed by atoms with E-state index in [2.05, 4.69) is 68.4 Å². The van der Waals surface area contributed by atoms with Crippen molar-refractivity contribution in [1.29, 1.82) is 0 Å². The Labute approximate surface area is 724 Å². The minimum atomic E-state index is -4.98. The number of nitrogens with zero attached hydrogens (tertiary/aromatic N) is 1. The van der Waals surface area contributed by atoms with Crippen LogP contribution in [-0.2, 0) is 59.1 Å². The van der Waals surface area contributed by atoms with E-state index in [4.69, 9.17) is 57.4 Å². The molecule has 11 bridgehead atoms. The number of phenolic OH excluding ortho intramolecular Hbond substituents is 3. The van der Waals surface area contributed by atoms with Crippen molar-refractivity contribution in [3.8, 4) is 62.9 Å². The molecule has 39 nitrogen and oxygen atoms in total. The number of nitrogens with two attached hydrogens (primary N) is 1. The number of aliphatic hydroxyl groups excluding tert-OH is 7. The van der Waals surface area contributed by atoms with Crippen LogP contribution < -0.4 is 83.4 Å². The second-order valence-electron chi connectivity index (χ2n) is 30.9. The quantitative estimate of drug-likeness (QED) is 0.0341. The van der Waals surface area contributed by atoms with Gasteiger partial charge < -0.3 is 138 Å². The molecule has 0 unspecified atom stereocenters. The number of fused-ring (bicyclic) bond motifs is 15. The Morgan fingerprint density at radius 3 is 1.98 bits per heavy atom. The average molecular weight is 1800 g/mol. The first kappa shape index (κ1) is 93.3. The summed E-state index contributed by atoms with van der Waals surface area (Å²) >= 11 is 14.3. The summed E-state index contributed by atoms with van der Waals surface area (Å²) in [5.74, 6) is -17.1. The summed E-state index contributed by atoms with van der Waals surface area (Å²) in [6.07, 6.45) is -22.1. The molecular weight excluding hydrogens is 1710 g/mol.